The number of allylic oxidation sites excluding steroid dienone is 1. The van der Waals surface area contributed by atoms with Crippen LogP contribution in [0.5, 0.6) is 0 Å². The van der Waals surface area contributed by atoms with E-state index in [0.29, 0.717) is 5.92 Å². The number of H-pyrrole nitrogens is 4. The summed E-state index contributed by atoms with van der Waals surface area (Å²) in [6, 6.07) is 92.8. The number of aromatic nitrogens is 13. The molecule has 0 saturated heterocycles. The van der Waals surface area contributed by atoms with Crippen LogP contribution in [0.4, 0.5) is 5.69 Å². The Labute approximate surface area is 835 Å². The molecule has 0 spiro atoms. The van der Waals surface area contributed by atoms with E-state index in [1.165, 1.54) is 56.8 Å². The van der Waals surface area contributed by atoms with Gasteiger partial charge in [0, 0.05) is 126 Å². The molecule has 6 aromatic carbocycles. The number of oxazole rings is 1. The molecule has 0 fully saturated rings. The van der Waals surface area contributed by atoms with Gasteiger partial charge in [0.1, 0.15) is 24.0 Å². The highest BCUT2D eigenvalue weighted by molar-refractivity contribution is 7.17. The van der Waals surface area contributed by atoms with Crippen LogP contribution in [0.3, 0.4) is 0 Å². The SMILES string of the molecule is C1=CC2C=CN=C2N=C1.CC.CC.CC.CC.CC.CC.CC.CC.CC.CC.CC.CC.CC.c1cc[nH]c1.c1ccc2[nH]ccc2c1.c1ccc2[nH]cnc2c1.c1ccc2c(c1)CCN2.c1ccc2ncncc2c1.c1ccc2occc2c1.c1ccc2sccc2c1.c1ccn2cccc2c1.c1ccn2nccc2c1.c1ccncc1.c1ccsc1.c1cnc2cc[nH]c2c1.c1cocn1. The smallest absolute Gasteiger partial charge is 0.180 e. The fourth-order valence-corrected chi connectivity index (χ4v) is 11.8. The minimum Gasteiger partial charge on any atom is -0.464 e. The minimum atomic E-state index is 0.356. The quantitative estimate of drug-likeness (QED) is 0.0965. The summed E-state index contributed by atoms with van der Waals surface area (Å²) < 4.78 is 14.9. The Morgan fingerprint density at radius 2 is 0.949 bits per heavy atom. The number of nitrogens with zero attached hydrogens (tertiary/aromatic N) is 11. The zero-order chi connectivity index (χ0) is 103. The molecule has 0 aliphatic carbocycles. The van der Waals surface area contributed by atoms with Crippen molar-refractivity contribution in [1.29, 1.82) is 0 Å². The largest absolute Gasteiger partial charge is 0.464 e. The van der Waals surface area contributed by atoms with Crippen molar-refractivity contribution in [2.75, 3.05) is 11.9 Å². The molecule has 20 heteroatoms. The molecule has 138 heavy (non-hydrogen) atoms. The molecule has 18 nitrogen and oxygen atoms in total. The van der Waals surface area contributed by atoms with Gasteiger partial charge in [-0.3, -0.25) is 9.97 Å². The number of anilines is 1. The monoisotopic (exact) mass is 1900 g/mol. The summed E-state index contributed by atoms with van der Waals surface area (Å²) in [7, 11) is 0. The van der Waals surface area contributed by atoms with Crippen LogP contribution < -0.4 is 5.32 Å². The molecule has 18 heterocycles. The first-order valence-corrected chi connectivity index (χ1v) is 50.7. The van der Waals surface area contributed by atoms with Crippen LogP contribution in [0.2, 0.25) is 0 Å². The molecule has 736 valence electrons. The predicted molar refractivity (Wildman–Crippen MR) is 610 cm³/mol. The number of nitrogens with one attached hydrogen (secondary N) is 5. The molecule has 3 aliphatic heterocycles. The molecule has 3 aliphatic rings. The number of para-hydroxylation sites is 6. The summed E-state index contributed by atoms with van der Waals surface area (Å²) >= 11 is 3.50. The Morgan fingerprint density at radius 1 is 0.377 bits per heavy atom. The Hall–Kier alpha value is -14.7. The van der Waals surface area contributed by atoms with Gasteiger partial charge < -0.3 is 38.5 Å². The highest BCUT2D eigenvalue weighted by Gasteiger charge is 2.13. The van der Waals surface area contributed by atoms with Gasteiger partial charge in [0.2, 0.25) is 0 Å². The molecule has 1 unspecified atom stereocenters. The Balaban J connectivity index is -0.00000140. The number of hydrogen-bond donors (Lipinski definition) is 5. The van der Waals surface area contributed by atoms with Gasteiger partial charge in [0.15, 0.2) is 6.39 Å². The summed E-state index contributed by atoms with van der Waals surface area (Å²) in [4.78, 5) is 43.6. The van der Waals surface area contributed by atoms with E-state index < -0.39 is 0 Å². The lowest BCUT2D eigenvalue weighted by atomic mass is 10.1. The number of amidine groups is 1. The summed E-state index contributed by atoms with van der Waals surface area (Å²) in [6.07, 6.45) is 42.7. The normalized spacial score (nSPS) is 9.99. The van der Waals surface area contributed by atoms with E-state index in [1.54, 1.807) is 85.0 Å². The fourth-order valence-electron chi connectivity index (χ4n) is 10.5. The maximum atomic E-state index is 5.12. The molecule has 0 bridgehead atoms. The van der Waals surface area contributed by atoms with E-state index in [9.17, 15) is 0 Å². The van der Waals surface area contributed by atoms with Crippen molar-refractivity contribution in [2.45, 2.75) is 186 Å². The number of fused-ring (bicyclic) bond motifs is 10. The van der Waals surface area contributed by atoms with Gasteiger partial charge in [-0.15, -0.1) is 11.3 Å². The van der Waals surface area contributed by atoms with Crippen LogP contribution in [-0.2, 0) is 6.42 Å². The first-order valence-electron chi connectivity index (χ1n) is 48.8. The average Bonchev–Trinajstić information content (AvgIpc) is 1.80. The third-order valence-corrected chi connectivity index (χ3v) is 17.5. The van der Waals surface area contributed by atoms with Crippen molar-refractivity contribution < 1.29 is 8.83 Å². The minimum absolute atomic E-state index is 0.356. The van der Waals surface area contributed by atoms with Crippen LogP contribution in [0.15, 0.2) is 451 Å². The van der Waals surface area contributed by atoms with Crippen molar-refractivity contribution in [2.24, 2.45) is 15.9 Å². The molecule has 0 saturated carbocycles. The highest BCUT2D eigenvalue weighted by Crippen LogP contribution is 2.22. The van der Waals surface area contributed by atoms with Crippen LogP contribution in [0.1, 0.15) is 186 Å². The molecular formula is C118H160N16O2S2. The van der Waals surface area contributed by atoms with Crippen LogP contribution >= 0.6 is 22.7 Å². The Morgan fingerprint density at radius 3 is 1.52 bits per heavy atom. The number of imidazole rings is 1. The second kappa shape index (κ2) is 95.4. The Kier molecular flexibility index (Phi) is 88.1. The van der Waals surface area contributed by atoms with Gasteiger partial charge in [-0.25, -0.2) is 34.4 Å². The molecule has 0 amide bonds. The van der Waals surface area contributed by atoms with Gasteiger partial charge in [-0.05, 0) is 191 Å². The van der Waals surface area contributed by atoms with Crippen molar-refractivity contribution in [3.05, 3.63) is 437 Å². The molecule has 1 atom stereocenters. The molecule has 5 N–H and O–H groups in total. The van der Waals surface area contributed by atoms with Crippen molar-refractivity contribution in [3.63, 3.8) is 0 Å². The van der Waals surface area contributed by atoms with Gasteiger partial charge in [0.05, 0.1) is 57.8 Å². The van der Waals surface area contributed by atoms with Gasteiger partial charge in [-0.2, -0.15) is 16.4 Å². The van der Waals surface area contributed by atoms with E-state index in [4.69, 9.17) is 4.42 Å². The maximum Gasteiger partial charge on any atom is 0.180 e. The predicted octanol–water partition coefficient (Wildman–Crippen LogP) is 36.2. The van der Waals surface area contributed by atoms with Gasteiger partial charge in [0.25, 0.3) is 0 Å². The number of pyridine rings is 4. The van der Waals surface area contributed by atoms with E-state index in [0.717, 1.165) is 61.8 Å². The maximum absolute atomic E-state index is 5.12. The number of thiophene rings is 2. The number of hydrogen-bond acceptors (Lipinski definition) is 14. The van der Waals surface area contributed by atoms with E-state index in [1.807, 2.05) is 451 Å². The first kappa shape index (κ1) is 127. The highest BCUT2D eigenvalue weighted by atomic mass is 32.1. The summed E-state index contributed by atoms with van der Waals surface area (Å²) in [5.74, 6) is 1.27. The van der Waals surface area contributed by atoms with Crippen molar-refractivity contribution in [1.82, 2.24) is 63.9 Å². The molecule has 0 radical (unpaired) electrons. The summed E-state index contributed by atoms with van der Waals surface area (Å²) in [5.41, 5.74) is 12.6. The summed E-state index contributed by atoms with van der Waals surface area (Å²) in [5, 5.41) is 18.4. The third kappa shape index (κ3) is 55.8. The number of aliphatic imine (C=N–C) groups is 2. The van der Waals surface area contributed by atoms with E-state index >= 15 is 0 Å². The molecule has 24 rings (SSSR count). The number of rotatable bonds is 0. The summed E-state index contributed by atoms with van der Waals surface area (Å²) in [6.45, 7) is 53.1. The molecule has 21 aromatic rings. The standard InChI is InChI=1S/C8H6N2.C8H7N.C8H9N.C8H7N.C8H6O.C8H6S.4C7H6N2.C5H5N.C4H5N.C4H4S.C3H3NO.13C2H6/c1-2-4-8-7(3-1)5-9-6-10-8;1-2-6-9-7-3-5-8(9)4-1;4*1-2-4-8-7(3-1)5-6-9-8;1-2-6-7(8-4-1)3-5-9-6;1-2-6-3-5-9-7(6)8-4-1;1-2-6-9-7(3-1)4-5-8-9;1-2-4-7-6(3-1)8-5-9-7;1-2-4-6-5-3-1;2*1-2-4-5-3-1;1-2-5-3-4-1;13*1-2/h1-6H;1-7H;1-4,9H,5-6H2;1-6,9H;2*1-6H;1-5,9H;2*1-6H;1-5H,(H,8,9);1-5H;1-5H;1-4H;1-3H;13*1-2H3. The van der Waals surface area contributed by atoms with Crippen LogP contribution in [0.25, 0.3) is 76.0 Å². The van der Waals surface area contributed by atoms with Crippen molar-refractivity contribution >= 4 is 116 Å². The third-order valence-electron chi connectivity index (χ3n) is 16.0. The average molecular weight is 1900 g/mol. The lowest BCUT2D eigenvalue weighted by Crippen LogP contribution is -2.06. The number of dihydropyridines is 1. The zero-order valence-corrected chi connectivity index (χ0v) is 88.7. The van der Waals surface area contributed by atoms with Gasteiger partial charge in [-0.1, -0.05) is 326 Å². The van der Waals surface area contributed by atoms with Crippen molar-refractivity contribution in [3.8, 4) is 0 Å². The second-order valence-electron chi connectivity index (χ2n) is 23.6. The van der Waals surface area contributed by atoms with E-state index in [-0.39, 0.29) is 0 Å². The van der Waals surface area contributed by atoms with Crippen LogP contribution in [0, 0.1) is 5.92 Å². The lowest BCUT2D eigenvalue weighted by molar-refractivity contribution is 0.558. The van der Waals surface area contributed by atoms with Gasteiger partial charge >= 0.3 is 0 Å². The second-order valence-corrected chi connectivity index (χ2v) is 25.3. The Bertz CT molecular complexity index is 5010. The first-order chi connectivity index (χ1) is 68.7. The number of benzene rings is 6. The topological polar surface area (TPSA) is 225 Å². The molecule has 15 aromatic heterocycles. The zero-order valence-electron chi connectivity index (χ0n) is 87.1. The number of aromatic amines is 4. The van der Waals surface area contributed by atoms with Crippen LogP contribution in [-0.4, -0.2) is 82.4 Å². The molecular weight excluding hydrogens is 1740 g/mol. The van der Waals surface area contributed by atoms with E-state index in [2.05, 4.69) is 175 Å². The fraction of sp³-hybridized carbons (Fsp3) is 0.246. The lowest BCUT2D eigenvalue weighted by Gasteiger charge is -2.03. The number of furan rings is 1.